The SMILES string of the molecule is CCCCNc1coc(C)c1. The van der Waals surface area contributed by atoms with E-state index < -0.39 is 0 Å². The Labute approximate surface area is 67.6 Å². The van der Waals surface area contributed by atoms with Crippen molar-refractivity contribution in [2.45, 2.75) is 26.7 Å². The van der Waals surface area contributed by atoms with Crippen molar-refractivity contribution in [2.75, 3.05) is 11.9 Å². The molecule has 0 saturated carbocycles. The molecular weight excluding hydrogens is 138 g/mol. The van der Waals surface area contributed by atoms with Crippen molar-refractivity contribution in [2.24, 2.45) is 0 Å². The van der Waals surface area contributed by atoms with Crippen LogP contribution in [0.4, 0.5) is 5.69 Å². The third kappa shape index (κ3) is 2.66. The van der Waals surface area contributed by atoms with E-state index in [2.05, 4.69) is 12.2 Å². The highest BCUT2D eigenvalue weighted by atomic mass is 16.3. The summed E-state index contributed by atoms with van der Waals surface area (Å²) in [5, 5.41) is 3.27. The maximum Gasteiger partial charge on any atom is 0.114 e. The molecule has 0 aromatic carbocycles. The molecule has 0 aliphatic carbocycles. The monoisotopic (exact) mass is 153 g/mol. The van der Waals surface area contributed by atoms with Gasteiger partial charge in [0.1, 0.15) is 12.0 Å². The minimum absolute atomic E-state index is 0.962. The van der Waals surface area contributed by atoms with Gasteiger partial charge < -0.3 is 9.73 Å². The summed E-state index contributed by atoms with van der Waals surface area (Å²) < 4.78 is 5.13. The van der Waals surface area contributed by atoms with E-state index in [1.54, 1.807) is 6.26 Å². The molecule has 0 spiro atoms. The molecule has 0 radical (unpaired) electrons. The number of aryl methyl sites for hydroxylation is 1. The molecule has 1 rings (SSSR count). The quantitative estimate of drug-likeness (QED) is 0.673. The highest BCUT2D eigenvalue weighted by molar-refractivity contribution is 5.40. The van der Waals surface area contributed by atoms with Crippen LogP contribution in [-0.2, 0) is 0 Å². The van der Waals surface area contributed by atoms with Gasteiger partial charge in [-0.3, -0.25) is 0 Å². The zero-order valence-corrected chi connectivity index (χ0v) is 7.18. The lowest BCUT2D eigenvalue weighted by molar-refractivity contribution is 0.534. The highest BCUT2D eigenvalue weighted by Gasteiger charge is 1.94. The van der Waals surface area contributed by atoms with Gasteiger partial charge in [0.15, 0.2) is 0 Å². The Morgan fingerprint density at radius 3 is 2.91 bits per heavy atom. The van der Waals surface area contributed by atoms with Crippen molar-refractivity contribution in [3.05, 3.63) is 18.1 Å². The summed E-state index contributed by atoms with van der Waals surface area (Å²) in [7, 11) is 0. The summed E-state index contributed by atoms with van der Waals surface area (Å²) in [5.41, 5.74) is 1.09. The van der Waals surface area contributed by atoms with Gasteiger partial charge >= 0.3 is 0 Å². The zero-order valence-electron chi connectivity index (χ0n) is 7.18. The van der Waals surface area contributed by atoms with Crippen LogP contribution in [0, 0.1) is 6.92 Å². The summed E-state index contributed by atoms with van der Waals surface area (Å²) in [5.74, 6) is 0.962. The average Bonchev–Trinajstić information content (AvgIpc) is 2.37. The van der Waals surface area contributed by atoms with Crippen LogP contribution in [0.1, 0.15) is 25.5 Å². The standard InChI is InChI=1S/C9H15NO/c1-3-4-5-10-9-6-8(2)11-7-9/h6-7,10H,3-5H2,1-2H3. The lowest BCUT2D eigenvalue weighted by Crippen LogP contribution is -1.98. The van der Waals surface area contributed by atoms with Crippen LogP contribution in [0.15, 0.2) is 16.7 Å². The van der Waals surface area contributed by atoms with Gasteiger partial charge in [0.05, 0.1) is 5.69 Å². The van der Waals surface area contributed by atoms with Crippen LogP contribution in [0.3, 0.4) is 0 Å². The second-order valence-electron chi connectivity index (χ2n) is 2.73. The van der Waals surface area contributed by atoms with Crippen molar-refractivity contribution < 1.29 is 4.42 Å². The number of nitrogens with one attached hydrogen (secondary N) is 1. The number of unbranched alkanes of at least 4 members (excludes halogenated alkanes) is 1. The normalized spacial score (nSPS) is 10.0. The largest absolute Gasteiger partial charge is 0.467 e. The minimum atomic E-state index is 0.962. The van der Waals surface area contributed by atoms with Gasteiger partial charge in [0.25, 0.3) is 0 Å². The van der Waals surface area contributed by atoms with Gasteiger partial charge in [-0.2, -0.15) is 0 Å². The Morgan fingerprint density at radius 1 is 1.55 bits per heavy atom. The summed E-state index contributed by atoms with van der Waals surface area (Å²) in [6.07, 6.45) is 4.19. The van der Waals surface area contributed by atoms with Gasteiger partial charge in [-0.1, -0.05) is 13.3 Å². The predicted molar refractivity (Wildman–Crippen MR) is 46.8 cm³/mol. The predicted octanol–water partition coefficient (Wildman–Crippen LogP) is 2.80. The van der Waals surface area contributed by atoms with Crippen molar-refractivity contribution in [3.8, 4) is 0 Å². The summed E-state index contributed by atoms with van der Waals surface area (Å²) in [6, 6.07) is 2.01. The first-order valence-corrected chi connectivity index (χ1v) is 4.12. The first-order valence-electron chi connectivity index (χ1n) is 4.12. The fourth-order valence-corrected chi connectivity index (χ4v) is 0.946. The molecule has 11 heavy (non-hydrogen) atoms. The van der Waals surface area contributed by atoms with Crippen LogP contribution in [0.25, 0.3) is 0 Å². The molecule has 0 aliphatic heterocycles. The van der Waals surface area contributed by atoms with Crippen molar-refractivity contribution in [1.29, 1.82) is 0 Å². The second-order valence-corrected chi connectivity index (χ2v) is 2.73. The van der Waals surface area contributed by atoms with E-state index in [-0.39, 0.29) is 0 Å². The van der Waals surface area contributed by atoms with Crippen LogP contribution in [0.2, 0.25) is 0 Å². The Bertz CT molecular complexity index is 205. The number of hydrogen-bond donors (Lipinski definition) is 1. The lowest BCUT2D eigenvalue weighted by Gasteiger charge is -1.99. The maximum absolute atomic E-state index is 5.13. The van der Waals surface area contributed by atoms with Crippen molar-refractivity contribution in [3.63, 3.8) is 0 Å². The van der Waals surface area contributed by atoms with E-state index in [0.717, 1.165) is 18.0 Å². The van der Waals surface area contributed by atoms with Gasteiger partial charge in [-0.15, -0.1) is 0 Å². The topological polar surface area (TPSA) is 25.2 Å². The van der Waals surface area contributed by atoms with E-state index in [0.29, 0.717) is 0 Å². The molecule has 0 aliphatic rings. The number of rotatable bonds is 4. The average molecular weight is 153 g/mol. The third-order valence-corrected chi connectivity index (χ3v) is 1.59. The van der Waals surface area contributed by atoms with E-state index in [1.165, 1.54) is 12.8 Å². The molecule has 0 atom stereocenters. The highest BCUT2D eigenvalue weighted by Crippen LogP contribution is 2.11. The molecule has 62 valence electrons. The van der Waals surface area contributed by atoms with Gasteiger partial charge in [0, 0.05) is 12.6 Å². The van der Waals surface area contributed by atoms with Gasteiger partial charge in [-0.25, -0.2) is 0 Å². The lowest BCUT2D eigenvalue weighted by atomic mass is 10.3. The molecule has 1 aromatic heterocycles. The molecule has 1 N–H and O–H groups in total. The Morgan fingerprint density at radius 2 is 2.36 bits per heavy atom. The number of hydrogen-bond acceptors (Lipinski definition) is 2. The molecule has 0 bridgehead atoms. The van der Waals surface area contributed by atoms with Crippen molar-refractivity contribution >= 4 is 5.69 Å². The van der Waals surface area contributed by atoms with E-state index in [1.807, 2.05) is 13.0 Å². The van der Waals surface area contributed by atoms with Crippen LogP contribution < -0.4 is 5.32 Å². The smallest absolute Gasteiger partial charge is 0.114 e. The van der Waals surface area contributed by atoms with Crippen molar-refractivity contribution in [1.82, 2.24) is 0 Å². The fourth-order valence-electron chi connectivity index (χ4n) is 0.946. The Hall–Kier alpha value is -0.920. The van der Waals surface area contributed by atoms with E-state index >= 15 is 0 Å². The van der Waals surface area contributed by atoms with E-state index in [9.17, 15) is 0 Å². The van der Waals surface area contributed by atoms with E-state index in [4.69, 9.17) is 4.42 Å². The molecule has 0 fully saturated rings. The molecule has 0 unspecified atom stereocenters. The third-order valence-electron chi connectivity index (χ3n) is 1.59. The second kappa shape index (κ2) is 4.06. The minimum Gasteiger partial charge on any atom is -0.467 e. The maximum atomic E-state index is 5.13. The summed E-state index contributed by atoms with van der Waals surface area (Å²) in [6.45, 7) is 5.17. The molecule has 1 heterocycles. The summed E-state index contributed by atoms with van der Waals surface area (Å²) in [4.78, 5) is 0. The Kier molecular flexibility index (Phi) is 3.02. The zero-order chi connectivity index (χ0) is 8.10. The molecular formula is C9H15NO. The fraction of sp³-hybridized carbons (Fsp3) is 0.556. The molecule has 2 nitrogen and oxygen atoms in total. The first kappa shape index (κ1) is 8.18. The number of anilines is 1. The first-order chi connectivity index (χ1) is 5.33. The van der Waals surface area contributed by atoms with Gasteiger partial charge in [0.2, 0.25) is 0 Å². The van der Waals surface area contributed by atoms with Crippen LogP contribution >= 0.6 is 0 Å². The Balaban J connectivity index is 2.27. The molecule has 0 amide bonds. The van der Waals surface area contributed by atoms with Crippen LogP contribution in [0.5, 0.6) is 0 Å². The van der Waals surface area contributed by atoms with Gasteiger partial charge in [-0.05, 0) is 13.3 Å². The molecule has 1 aromatic rings. The van der Waals surface area contributed by atoms with Crippen LogP contribution in [-0.4, -0.2) is 6.54 Å². The molecule has 0 saturated heterocycles. The number of furan rings is 1. The summed E-state index contributed by atoms with van der Waals surface area (Å²) >= 11 is 0. The molecule has 2 heteroatoms.